The van der Waals surface area contributed by atoms with Crippen LogP contribution in [-0.4, -0.2) is 25.5 Å². The Balaban J connectivity index is 1.42. The largest absolute Gasteiger partial charge is 0.319 e. The topological polar surface area (TPSA) is 64.7 Å². The molecule has 0 atom stereocenters. The third kappa shape index (κ3) is 4.48. The van der Waals surface area contributed by atoms with Crippen molar-refractivity contribution in [2.45, 2.75) is 6.54 Å². The summed E-state index contributed by atoms with van der Waals surface area (Å²) in [5.74, 6) is -6.74. The van der Waals surface area contributed by atoms with Gasteiger partial charge in [0.1, 0.15) is 11.5 Å². The number of hydrogen-bond donors (Lipinski definition) is 1. The van der Waals surface area contributed by atoms with Crippen molar-refractivity contribution in [1.82, 2.24) is 19.6 Å². The van der Waals surface area contributed by atoms with Crippen LogP contribution in [0.1, 0.15) is 15.9 Å². The Morgan fingerprint density at radius 2 is 1.56 bits per heavy atom. The second-order valence-corrected chi connectivity index (χ2v) is 7.86. The summed E-state index contributed by atoms with van der Waals surface area (Å²) >= 11 is 0. The lowest BCUT2D eigenvalue weighted by Gasteiger charge is -2.07. The molecule has 1 N–H and O–H groups in total. The van der Waals surface area contributed by atoms with E-state index in [0.29, 0.717) is 5.69 Å². The summed E-state index contributed by atoms with van der Waals surface area (Å²) in [6.45, 7) is -0.508. The van der Waals surface area contributed by atoms with Gasteiger partial charge in [-0.15, -0.1) is 0 Å². The summed E-state index contributed by atoms with van der Waals surface area (Å²) in [4.78, 5) is 13.2. The van der Waals surface area contributed by atoms with Crippen LogP contribution in [0.3, 0.4) is 0 Å². The minimum absolute atomic E-state index is 0.231. The van der Waals surface area contributed by atoms with Gasteiger partial charge in [-0.3, -0.25) is 9.48 Å². The van der Waals surface area contributed by atoms with E-state index in [9.17, 15) is 22.4 Å². The van der Waals surface area contributed by atoms with E-state index in [2.05, 4.69) is 15.5 Å². The molecule has 0 aliphatic rings. The average Bonchev–Trinajstić information content (AvgIpc) is 3.54. The molecule has 5 aromatic rings. The van der Waals surface area contributed by atoms with Gasteiger partial charge in [0.25, 0.3) is 5.91 Å². The Morgan fingerprint density at radius 1 is 0.861 bits per heavy atom. The molecule has 0 radical (unpaired) electrons. The van der Waals surface area contributed by atoms with Crippen molar-refractivity contribution in [3.63, 3.8) is 0 Å². The molecule has 2 aromatic heterocycles. The maximum Gasteiger partial charge on any atom is 0.259 e. The van der Waals surface area contributed by atoms with E-state index in [-0.39, 0.29) is 17.3 Å². The lowest BCUT2D eigenvalue weighted by Crippen LogP contribution is -2.12. The second-order valence-electron chi connectivity index (χ2n) is 7.86. The SMILES string of the molecule is O=C(Nc1cnn(Cc2c(F)cc(F)c(F)c2F)c1)c1cn(-c2ccccc2)nc1-c1ccccc1. The van der Waals surface area contributed by atoms with Crippen molar-refractivity contribution in [2.24, 2.45) is 0 Å². The lowest BCUT2D eigenvalue weighted by atomic mass is 10.1. The molecule has 0 fully saturated rings. The number of amides is 1. The molecule has 0 aliphatic heterocycles. The fourth-order valence-corrected chi connectivity index (χ4v) is 3.69. The highest BCUT2D eigenvalue weighted by Crippen LogP contribution is 2.25. The zero-order valence-corrected chi connectivity index (χ0v) is 18.5. The first kappa shape index (κ1) is 23.0. The van der Waals surface area contributed by atoms with E-state index in [4.69, 9.17) is 0 Å². The van der Waals surface area contributed by atoms with E-state index < -0.39 is 41.3 Å². The van der Waals surface area contributed by atoms with E-state index >= 15 is 0 Å². The highest BCUT2D eigenvalue weighted by molar-refractivity contribution is 6.08. The molecule has 36 heavy (non-hydrogen) atoms. The quantitative estimate of drug-likeness (QED) is 0.191. The molecule has 6 nitrogen and oxygen atoms in total. The zero-order chi connectivity index (χ0) is 25.2. The molecule has 0 spiro atoms. The minimum Gasteiger partial charge on any atom is -0.319 e. The van der Waals surface area contributed by atoms with Crippen molar-refractivity contribution < 1.29 is 22.4 Å². The predicted molar refractivity (Wildman–Crippen MR) is 125 cm³/mol. The molecule has 10 heteroatoms. The van der Waals surface area contributed by atoms with Gasteiger partial charge in [0.15, 0.2) is 17.5 Å². The number of nitrogens with zero attached hydrogens (tertiary/aromatic N) is 4. The number of para-hydroxylation sites is 1. The number of nitrogens with one attached hydrogen (secondary N) is 1. The van der Waals surface area contributed by atoms with E-state index in [1.807, 2.05) is 60.7 Å². The van der Waals surface area contributed by atoms with Gasteiger partial charge in [0.2, 0.25) is 0 Å². The fourth-order valence-electron chi connectivity index (χ4n) is 3.69. The molecule has 1 amide bonds. The maximum absolute atomic E-state index is 14.0. The third-order valence-electron chi connectivity index (χ3n) is 5.45. The lowest BCUT2D eigenvalue weighted by molar-refractivity contribution is 0.102. The Kier molecular flexibility index (Phi) is 6.07. The number of anilines is 1. The van der Waals surface area contributed by atoms with Gasteiger partial charge in [0, 0.05) is 29.6 Å². The number of benzene rings is 3. The summed E-state index contributed by atoms with van der Waals surface area (Å²) in [5.41, 5.74) is 1.78. The summed E-state index contributed by atoms with van der Waals surface area (Å²) < 4.78 is 57.4. The van der Waals surface area contributed by atoms with Crippen LogP contribution in [0.5, 0.6) is 0 Å². The first-order valence-corrected chi connectivity index (χ1v) is 10.8. The molecule has 0 aliphatic carbocycles. The Hall–Kier alpha value is -4.73. The molecule has 0 saturated heterocycles. The van der Waals surface area contributed by atoms with E-state index in [0.717, 1.165) is 15.9 Å². The summed E-state index contributed by atoms with van der Waals surface area (Å²) in [6, 6.07) is 18.7. The number of carbonyl (C=O) groups excluding carboxylic acids is 1. The van der Waals surface area contributed by atoms with Crippen LogP contribution in [0.2, 0.25) is 0 Å². The molecule has 180 valence electrons. The molecule has 0 unspecified atom stereocenters. The zero-order valence-electron chi connectivity index (χ0n) is 18.5. The number of aromatic nitrogens is 4. The highest BCUT2D eigenvalue weighted by Gasteiger charge is 2.21. The van der Waals surface area contributed by atoms with Crippen LogP contribution in [-0.2, 0) is 6.54 Å². The van der Waals surface area contributed by atoms with Crippen LogP contribution in [0.15, 0.2) is 85.3 Å². The second kappa shape index (κ2) is 9.49. The summed E-state index contributed by atoms with van der Waals surface area (Å²) in [6.07, 6.45) is 4.20. The molecule has 3 aromatic carbocycles. The number of hydrogen-bond acceptors (Lipinski definition) is 3. The molecular formula is C26H17F4N5O. The van der Waals surface area contributed by atoms with Crippen LogP contribution in [0, 0.1) is 23.3 Å². The smallest absolute Gasteiger partial charge is 0.259 e. The average molecular weight is 491 g/mol. The molecule has 2 heterocycles. The number of carbonyl (C=O) groups is 1. The van der Waals surface area contributed by atoms with Gasteiger partial charge in [-0.2, -0.15) is 10.2 Å². The van der Waals surface area contributed by atoms with E-state index in [1.54, 1.807) is 10.9 Å². The van der Waals surface area contributed by atoms with Gasteiger partial charge in [-0.05, 0) is 12.1 Å². The first-order valence-electron chi connectivity index (χ1n) is 10.8. The maximum atomic E-state index is 14.0. The number of rotatable bonds is 6. The van der Waals surface area contributed by atoms with Crippen molar-refractivity contribution in [3.8, 4) is 16.9 Å². The van der Waals surface area contributed by atoms with Gasteiger partial charge in [-0.1, -0.05) is 48.5 Å². The van der Waals surface area contributed by atoms with Gasteiger partial charge >= 0.3 is 0 Å². The van der Waals surface area contributed by atoms with Crippen molar-refractivity contribution in [2.75, 3.05) is 5.32 Å². The predicted octanol–water partition coefficient (Wildman–Crippen LogP) is 5.59. The normalized spacial score (nSPS) is 11.0. The first-order chi connectivity index (χ1) is 17.4. The van der Waals surface area contributed by atoms with Crippen LogP contribution in [0.25, 0.3) is 16.9 Å². The summed E-state index contributed by atoms with van der Waals surface area (Å²) in [7, 11) is 0. The molecular weight excluding hydrogens is 474 g/mol. The Morgan fingerprint density at radius 3 is 2.28 bits per heavy atom. The van der Waals surface area contributed by atoms with Crippen LogP contribution in [0.4, 0.5) is 23.2 Å². The fraction of sp³-hybridized carbons (Fsp3) is 0.0385. The van der Waals surface area contributed by atoms with E-state index in [1.165, 1.54) is 12.4 Å². The summed E-state index contributed by atoms with van der Waals surface area (Å²) in [5, 5.41) is 11.2. The van der Waals surface area contributed by atoms with Crippen molar-refractivity contribution in [1.29, 1.82) is 0 Å². The van der Waals surface area contributed by atoms with Gasteiger partial charge in [0.05, 0.1) is 29.7 Å². The van der Waals surface area contributed by atoms with Crippen LogP contribution >= 0.6 is 0 Å². The van der Waals surface area contributed by atoms with Crippen molar-refractivity contribution >= 4 is 11.6 Å². The molecule has 0 saturated carbocycles. The molecule has 0 bridgehead atoms. The third-order valence-corrected chi connectivity index (χ3v) is 5.45. The molecule has 5 rings (SSSR count). The minimum atomic E-state index is -1.77. The number of halogens is 4. The monoisotopic (exact) mass is 491 g/mol. The Labute approximate surface area is 202 Å². The Bertz CT molecular complexity index is 1550. The van der Waals surface area contributed by atoms with Gasteiger partial charge < -0.3 is 5.32 Å². The van der Waals surface area contributed by atoms with Gasteiger partial charge in [-0.25, -0.2) is 22.2 Å². The van der Waals surface area contributed by atoms with Crippen LogP contribution < -0.4 is 5.32 Å². The highest BCUT2D eigenvalue weighted by atomic mass is 19.2. The standard InChI is InChI=1S/C26H17F4N5O/c27-21-11-22(28)24(30)23(29)19(21)14-34-13-17(12-31-34)32-26(36)20-15-35(18-9-5-2-6-10-18)33-25(20)16-7-3-1-4-8-16/h1-13,15H,14H2,(H,32,36). The van der Waals surface area contributed by atoms with Crippen molar-refractivity contribution in [3.05, 3.63) is 120 Å².